The molecule has 0 bridgehead atoms. The van der Waals surface area contributed by atoms with Crippen molar-refractivity contribution in [2.45, 2.75) is 12.8 Å². The molecule has 1 heterocycles. The summed E-state index contributed by atoms with van der Waals surface area (Å²) in [5, 5.41) is 4.57. The molecule has 0 atom stereocenters. The summed E-state index contributed by atoms with van der Waals surface area (Å²) < 4.78 is 0. The summed E-state index contributed by atoms with van der Waals surface area (Å²) in [5.41, 5.74) is 5.69. The Balaban J connectivity index is 1.79. The second-order valence-electron chi connectivity index (χ2n) is 4.75. The van der Waals surface area contributed by atoms with Gasteiger partial charge >= 0.3 is 0 Å². The van der Waals surface area contributed by atoms with E-state index in [2.05, 4.69) is 71.4 Å². The summed E-state index contributed by atoms with van der Waals surface area (Å²) in [5.74, 6) is 0. The van der Waals surface area contributed by atoms with Crippen LogP contribution in [0.2, 0.25) is 0 Å². The smallest absolute Gasteiger partial charge is 0.00147 e. The highest BCUT2D eigenvalue weighted by Gasteiger charge is 2.05. The van der Waals surface area contributed by atoms with E-state index in [4.69, 9.17) is 0 Å². The van der Waals surface area contributed by atoms with E-state index in [0.29, 0.717) is 0 Å². The summed E-state index contributed by atoms with van der Waals surface area (Å²) in [7, 11) is 0. The van der Waals surface area contributed by atoms with Gasteiger partial charge in [-0.15, -0.1) is 0 Å². The van der Waals surface area contributed by atoms with Gasteiger partial charge in [0.2, 0.25) is 0 Å². The Morgan fingerprint density at radius 3 is 1.42 bits per heavy atom. The van der Waals surface area contributed by atoms with Crippen LogP contribution in [0.5, 0.6) is 0 Å². The van der Waals surface area contributed by atoms with Gasteiger partial charge < -0.3 is 0 Å². The second kappa shape index (κ2) is 5.85. The molecular formula is C18H16S. The fourth-order valence-corrected chi connectivity index (χ4v) is 3.16. The van der Waals surface area contributed by atoms with Gasteiger partial charge in [-0.2, -0.15) is 11.3 Å². The highest BCUT2D eigenvalue weighted by molar-refractivity contribution is 7.08. The predicted molar refractivity (Wildman–Crippen MR) is 82.8 cm³/mol. The minimum atomic E-state index is 1.03. The zero-order valence-electron chi connectivity index (χ0n) is 10.8. The van der Waals surface area contributed by atoms with Crippen molar-refractivity contribution < 1.29 is 0 Å². The van der Waals surface area contributed by atoms with Gasteiger partial charge in [0.1, 0.15) is 0 Å². The first-order valence-electron chi connectivity index (χ1n) is 6.53. The Bertz CT molecular complexity index is 567. The monoisotopic (exact) mass is 264 g/mol. The van der Waals surface area contributed by atoms with E-state index < -0.39 is 0 Å². The zero-order chi connectivity index (χ0) is 12.9. The Kier molecular flexibility index (Phi) is 3.75. The molecule has 0 aliphatic carbocycles. The summed E-state index contributed by atoms with van der Waals surface area (Å²) in [4.78, 5) is 0. The van der Waals surface area contributed by atoms with E-state index in [1.54, 1.807) is 11.3 Å². The quantitative estimate of drug-likeness (QED) is 0.627. The van der Waals surface area contributed by atoms with Crippen LogP contribution in [-0.4, -0.2) is 0 Å². The van der Waals surface area contributed by atoms with Gasteiger partial charge in [0.15, 0.2) is 0 Å². The van der Waals surface area contributed by atoms with Gasteiger partial charge in [-0.1, -0.05) is 60.7 Å². The Morgan fingerprint density at radius 2 is 1.00 bits per heavy atom. The minimum absolute atomic E-state index is 1.03. The number of rotatable bonds is 4. The normalized spacial score (nSPS) is 10.5. The first-order chi connectivity index (χ1) is 9.42. The van der Waals surface area contributed by atoms with Crippen molar-refractivity contribution in [2.24, 2.45) is 0 Å². The van der Waals surface area contributed by atoms with Gasteiger partial charge in [0.05, 0.1) is 0 Å². The van der Waals surface area contributed by atoms with Gasteiger partial charge in [-0.3, -0.25) is 0 Å². The molecule has 0 unspecified atom stereocenters. The highest BCUT2D eigenvalue weighted by atomic mass is 32.1. The van der Waals surface area contributed by atoms with Crippen LogP contribution in [0.25, 0.3) is 0 Å². The largest absolute Gasteiger partial charge is 0.152 e. The summed E-state index contributed by atoms with van der Waals surface area (Å²) in [6.07, 6.45) is 2.07. The predicted octanol–water partition coefficient (Wildman–Crippen LogP) is 4.93. The van der Waals surface area contributed by atoms with E-state index in [9.17, 15) is 0 Å². The maximum atomic E-state index is 2.28. The molecule has 94 valence electrons. The van der Waals surface area contributed by atoms with Gasteiger partial charge in [0, 0.05) is 0 Å². The molecule has 0 radical (unpaired) electrons. The molecule has 3 aromatic rings. The molecule has 0 amide bonds. The molecule has 0 aliphatic heterocycles. The lowest BCUT2D eigenvalue weighted by atomic mass is 9.99. The molecule has 0 saturated heterocycles. The fraction of sp³-hybridized carbons (Fsp3) is 0.111. The molecule has 0 spiro atoms. The van der Waals surface area contributed by atoms with Crippen LogP contribution >= 0.6 is 11.3 Å². The van der Waals surface area contributed by atoms with Crippen molar-refractivity contribution in [3.05, 3.63) is 93.7 Å². The number of hydrogen-bond donors (Lipinski definition) is 0. The summed E-state index contributed by atoms with van der Waals surface area (Å²) in [6.45, 7) is 0. The number of hydrogen-bond acceptors (Lipinski definition) is 1. The molecule has 2 aromatic carbocycles. The van der Waals surface area contributed by atoms with Crippen LogP contribution in [0.15, 0.2) is 71.4 Å². The van der Waals surface area contributed by atoms with Crippen LogP contribution < -0.4 is 0 Å². The molecule has 0 saturated carbocycles. The Morgan fingerprint density at radius 1 is 0.579 bits per heavy atom. The SMILES string of the molecule is c1ccc(Cc2cscc2Cc2ccccc2)cc1. The van der Waals surface area contributed by atoms with Crippen LogP contribution in [0.1, 0.15) is 22.3 Å². The number of benzene rings is 2. The maximum Gasteiger partial charge on any atom is -0.00147 e. The highest BCUT2D eigenvalue weighted by Crippen LogP contribution is 2.21. The van der Waals surface area contributed by atoms with Crippen molar-refractivity contribution in [2.75, 3.05) is 0 Å². The Hall–Kier alpha value is -1.86. The molecule has 0 aliphatic rings. The standard InChI is InChI=1S/C18H16S/c1-3-7-15(8-4-1)11-17-13-19-14-18(17)12-16-9-5-2-6-10-16/h1-10,13-14H,11-12H2. The maximum absolute atomic E-state index is 2.28. The van der Waals surface area contributed by atoms with Gasteiger partial charge in [0.25, 0.3) is 0 Å². The molecule has 0 N–H and O–H groups in total. The van der Waals surface area contributed by atoms with E-state index in [1.807, 2.05) is 0 Å². The molecular weight excluding hydrogens is 248 g/mol. The van der Waals surface area contributed by atoms with E-state index >= 15 is 0 Å². The van der Waals surface area contributed by atoms with Crippen LogP contribution in [0.4, 0.5) is 0 Å². The van der Waals surface area contributed by atoms with Crippen LogP contribution in [-0.2, 0) is 12.8 Å². The Labute approximate surface area is 118 Å². The average Bonchev–Trinajstić information content (AvgIpc) is 2.88. The molecule has 3 rings (SSSR count). The lowest BCUT2D eigenvalue weighted by Gasteiger charge is -2.05. The minimum Gasteiger partial charge on any atom is -0.152 e. The molecule has 1 aromatic heterocycles. The van der Waals surface area contributed by atoms with Crippen molar-refractivity contribution in [3.8, 4) is 0 Å². The fourth-order valence-electron chi connectivity index (χ4n) is 2.29. The first-order valence-corrected chi connectivity index (χ1v) is 7.48. The third-order valence-corrected chi connectivity index (χ3v) is 4.15. The van der Waals surface area contributed by atoms with Gasteiger partial charge in [-0.25, -0.2) is 0 Å². The van der Waals surface area contributed by atoms with Crippen molar-refractivity contribution in [1.29, 1.82) is 0 Å². The lowest BCUT2D eigenvalue weighted by molar-refractivity contribution is 1.11. The summed E-state index contributed by atoms with van der Waals surface area (Å²) in [6, 6.07) is 21.4. The average molecular weight is 264 g/mol. The van der Waals surface area contributed by atoms with Crippen molar-refractivity contribution in [1.82, 2.24) is 0 Å². The van der Waals surface area contributed by atoms with E-state index in [0.717, 1.165) is 12.8 Å². The molecule has 0 nitrogen and oxygen atoms in total. The molecule has 0 fully saturated rings. The van der Waals surface area contributed by atoms with Crippen molar-refractivity contribution in [3.63, 3.8) is 0 Å². The van der Waals surface area contributed by atoms with Crippen LogP contribution in [0.3, 0.4) is 0 Å². The third-order valence-electron chi connectivity index (χ3n) is 3.31. The van der Waals surface area contributed by atoms with Crippen molar-refractivity contribution >= 4 is 11.3 Å². The van der Waals surface area contributed by atoms with E-state index in [-0.39, 0.29) is 0 Å². The molecule has 1 heteroatoms. The second-order valence-corrected chi connectivity index (χ2v) is 5.49. The van der Waals surface area contributed by atoms with E-state index in [1.165, 1.54) is 22.3 Å². The lowest BCUT2D eigenvalue weighted by Crippen LogP contribution is -1.93. The first kappa shape index (κ1) is 12.2. The number of thiophene rings is 1. The van der Waals surface area contributed by atoms with Gasteiger partial charge in [-0.05, 0) is 45.9 Å². The van der Waals surface area contributed by atoms with Crippen LogP contribution in [0, 0.1) is 0 Å². The zero-order valence-corrected chi connectivity index (χ0v) is 11.6. The molecule has 19 heavy (non-hydrogen) atoms. The third kappa shape index (κ3) is 3.12. The summed E-state index contributed by atoms with van der Waals surface area (Å²) >= 11 is 1.80. The topological polar surface area (TPSA) is 0 Å².